The summed E-state index contributed by atoms with van der Waals surface area (Å²) in [5.41, 5.74) is 0.345. The Balaban J connectivity index is 1.79. The largest absolute Gasteiger partial charge is 0.479 e. The topological polar surface area (TPSA) is 81.5 Å². The number of amides is 1. The second-order valence-electron chi connectivity index (χ2n) is 5.75. The van der Waals surface area contributed by atoms with Crippen LogP contribution in [0.5, 0.6) is 5.88 Å². The fourth-order valence-corrected chi connectivity index (χ4v) is 4.62. The number of carbonyl (C=O) groups is 1. The lowest BCUT2D eigenvalue weighted by Crippen LogP contribution is -2.32. The van der Waals surface area contributed by atoms with Crippen LogP contribution in [0.4, 0.5) is 0 Å². The summed E-state index contributed by atoms with van der Waals surface area (Å²) < 4.78 is 32.0. The maximum atomic E-state index is 12.7. The number of rotatable bonds is 4. The van der Waals surface area contributed by atoms with Gasteiger partial charge in [-0.25, -0.2) is 8.42 Å². The highest BCUT2D eigenvalue weighted by atomic mass is 32.2. The van der Waals surface area contributed by atoms with Gasteiger partial charge in [-0.1, -0.05) is 18.2 Å². The third kappa shape index (κ3) is 2.89. The highest BCUT2D eigenvalue weighted by Crippen LogP contribution is 2.26. The molecule has 1 atom stereocenters. The van der Waals surface area contributed by atoms with E-state index >= 15 is 0 Å². The monoisotopic (exact) mass is 349 g/mol. The number of ether oxygens (including phenoxy) is 1. The fourth-order valence-electron chi connectivity index (χ4n) is 2.90. The average molecular weight is 349 g/mol. The summed E-state index contributed by atoms with van der Waals surface area (Å²) in [6.07, 6.45) is 2.01. The van der Waals surface area contributed by atoms with E-state index in [4.69, 9.17) is 4.74 Å². The molecule has 0 spiro atoms. The van der Waals surface area contributed by atoms with Gasteiger partial charge in [-0.15, -0.1) is 5.10 Å². The first-order valence-corrected chi connectivity index (χ1v) is 9.14. The summed E-state index contributed by atoms with van der Waals surface area (Å²) in [6, 6.07) is 8.35. The van der Waals surface area contributed by atoms with Crippen LogP contribution in [-0.2, 0) is 16.9 Å². The Morgan fingerprint density at radius 2 is 2.00 bits per heavy atom. The minimum absolute atomic E-state index is 0.175. The smallest absolute Gasteiger partial charge is 0.261 e. The number of carbonyl (C=O) groups excluding carboxylic acids is 1. The van der Waals surface area contributed by atoms with E-state index in [2.05, 4.69) is 5.10 Å². The van der Waals surface area contributed by atoms with Gasteiger partial charge in [0.2, 0.25) is 5.88 Å². The van der Waals surface area contributed by atoms with Crippen LogP contribution in [-0.4, -0.2) is 54.5 Å². The highest BCUT2D eigenvalue weighted by Gasteiger charge is 2.37. The van der Waals surface area contributed by atoms with Gasteiger partial charge >= 0.3 is 0 Å². The van der Waals surface area contributed by atoms with E-state index < -0.39 is 15.1 Å². The maximum Gasteiger partial charge on any atom is 0.261 e. The van der Waals surface area contributed by atoms with Crippen molar-refractivity contribution in [2.45, 2.75) is 16.6 Å². The van der Waals surface area contributed by atoms with Gasteiger partial charge < -0.3 is 9.64 Å². The number of sulfone groups is 1. The van der Waals surface area contributed by atoms with Gasteiger partial charge in [-0.2, -0.15) is 0 Å². The minimum atomic E-state index is -3.44. The van der Waals surface area contributed by atoms with Gasteiger partial charge in [0.05, 0.1) is 17.3 Å². The van der Waals surface area contributed by atoms with Crippen LogP contribution in [0.3, 0.4) is 0 Å². The number of hydrogen-bond acceptors (Lipinski definition) is 5. The van der Waals surface area contributed by atoms with Gasteiger partial charge in [-0.3, -0.25) is 9.48 Å². The summed E-state index contributed by atoms with van der Waals surface area (Å²) >= 11 is 0. The van der Waals surface area contributed by atoms with Gasteiger partial charge in [0.25, 0.3) is 5.91 Å². The van der Waals surface area contributed by atoms with Crippen LogP contribution in [0.15, 0.2) is 41.4 Å². The predicted octanol–water partition coefficient (Wildman–Crippen LogP) is 1.12. The summed E-state index contributed by atoms with van der Waals surface area (Å²) in [5.74, 6) is -0.0115. The SMILES string of the molecule is COc1nn(C)cc1C(=O)N1CCC(S(=O)(=O)c2ccccc2)C1. The van der Waals surface area contributed by atoms with E-state index in [-0.39, 0.29) is 18.3 Å². The molecule has 1 saturated heterocycles. The minimum Gasteiger partial charge on any atom is -0.479 e. The Morgan fingerprint density at radius 3 is 2.67 bits per heavy atom. The lowest BCUT2D eigenvalue weighted by atomic mass is 10.3. The molecule has 0 radical (unpaired) electrons. The third-order valence-corrected chi connectivity index (χ3v) is 6.35. The summed E-state index contributed by atoms with van der Waals surface area (Å²) in [5, 5.41) is 3.47. The maximum absolute atomic E-state index is 12.7. The van der Waals surface area contributed by atoms with Crippen molar-refractivity contribution in [2.24, 2.45) is 7.05 Å². The zero-order valence-electron chi connectivity index (χ0n) is 13.5. The molecule has 1 aromatic carbocycles. The van der Waals surface area contributed by atoms with Crippen LogP contribution >= 0.6 is 0 Å². The molecule has 8 heteroatoms. The van der Waals surface area contributed by atoms with Crippen molar-refractivity contribution in [3.05, 3.63) is 42.1 Å². The molecule has 1 unspecified atom stereocenters. The van der Waals surface area contributed by atoms with E-state index in [0.29, 0.717) is 23.4 Å². The first-order valence-electron chi connectivity index (χ1n) is 7.59. The number of hydrogen-bond donors (Lipinski definition) is 0. The van der Waals surface area contributed by atoms with Crippen LogP contribution in [0.2, 0.25) is 0 Å². The molecule has 1 fully saturated rings. The molecule has 0 saturated carbocycles. The molecular formula is C16H19N3O4S. The normalized spacial score (nSPS) is 17.9. The molecule has 1 aliphatic heterocycles. The van der Waals surface area contributed by atoms with Crippen LogP contribution in [0.1, 0.15) is 16.8 Å². The van der Waals surface area contributed by atoms with Crippen molar-refractivity contribution >= 4 is 15.7 Å². The van der Waals surface area contributed by atoms with E-state index in [1.165, 1.54) is 11.8 Å². The Morgan fingerprint density at radius 1 is 1.29 bits per heavy atom. The van der Waals surface area contributed by atoms with E-state index in [1.54, 1.807) is 48.5 Å². The lowest BCUT2D eigenvalue weighted by molar-refractivity contribution is 0.0789. The number of nitrogens with zero attached hydrogens (tertiary/aromatic N) is 3. The molecule has 7 nitrogen and oxygen atoms in total. The number of benzene rings is 1. The van der Waals surface area contributed by atoms with Gasteiger partial charge in [0.1, 0.15) is 5.56 Å². The van der Waals surface area contributed by atoms with Crippen LogP contribution in [0, 0.1) is 0 Å². The molecule has 1 aliphatic rings. The standard InChI is InChI=1S/C16H19N3O4S/c1-18-11-14(15(17-18)23-2)16(20)19-9-8-13(10-19)24(21,22)12-6-4-3-5-7-12/h3-7,11,13H,8-10H2,1-2H3. The number of likely N-dealkylation sites (tertiary alicyclic amines) is 1. The van der Waals surface area contributed by atoms with Crippen LogP contribution < -0.4 is 4.74 Å². The summed E-state index contributed by atoms with van der Waals surface area (Å²) in [7, 11) is -0.293. The van der Waals surface area contributed by atoms with Crippen LogP contribution in [0.25, 0.3) is 0 Å². The number of aromatic nitrogens is 2. The van der Waals surface area contributed by atoms with E-state index in [1.807, 2.05) is 0 Å². The molecule has 2 heterocycles. The Bertz CT molecular complexity index is 845. The number of methoxy groups -OCH3 is 1. The lowest BCUT2D eigenvalue weighted by Gasteiger charge is -2.16. The third-order valence-electron chi connectivity index (χ3n) is 4.16. The molecule has 1 aromatic heterocycles. The molecule has 2 aromatic rings. The van der Waals surface area contributed by atoms with Gasteiger partial charge in [0, 0.05) is 26.3 Å². The molecular weight excluding hydrogens is 330 g/mol. The summed E-state index contributed by atoms with van der Waals surface area (Å²) in [4.78, 5) is 14.5. The Labute approximate surface area is 140 Å². The van der Waals surface area contributed by atoms with Crippen molar-refractivity contribution in [3.8, 4) is 5.88 Å². The molecule has 0 N–H and O–H groups in total. The van der Waals surface area contributed by atoms with Gasteiger partial charge in [-0.05, 0) is 18.6 Å². The van der Waals surface area contributed by atoms with E-state index in [9.17, 15) is 13.2 Å². The molecule has 0 bridgehead atoms. The van der Waals surface area contributed by atoms with Crippen molar-refractivity contribution in [1.82, 2.24) is 14.7 Å². The number of aryl methyl sites for hydroxylation is 1. The first-order chi connectivity index (χ1) is 11.4. The van der Waals surface area contributed by atoms with Gasteiger partial charge in [0.15, 0.2) is 9.84 Å². The van der Waals surface area contributed by atoms with Crippen molar-refractivity contribution < 1.29 is 17.9 Å². The second-order valence-corrected chi connectivity index (χ2v) is 7.97. The Hall–Kier alpha value is -2.35. The molecule has 128 valence electrons. The zero-order valence-corrected chi connectivity index (χ0v) is 14.4. The van der Waals surface area contributed by atoms with E-state index in [0.717, 1.165) is 0 Å². The van der Waals surface area contributed by atoms with Crippen molar-refractivity contribution in [3.63, 3.8) is 0 Å². The molecule has 3 rings (SSSR count). The summed E-state index contributed by atoms with van der Waals surface area (Å²) in [6.45, 7) is 0.571. The molecule has 24 heavy (non-hydrogen) atoms. The Kier molecular flexibility index (Phi) is 4.31. The average Bonchev–Trinajstić information content (AvgIpc) is 3.22. The first kappa shape index (κ1) is 16.5. The molecule has 1 amide bonds. The zero-order chi connectivity index (χ0) is 17.3. The highest BCUT2D eigenvalue weighted by molar-refractivity contribution is 7.92. The second kappa shape index (κ2) is 6.27. The molecule has 0 aliphatic carbocycles. The predicted molar refractivity (Wildman–Crippen MR) is 87.7 cm³/mol. The van der Waals surface area contributed by atoms with Crippen molar-refractivity contribution in [2.75, 3.05) is 20.2 Å². The fraction of sp³-hybridized carbons (Fsp3) is 0.375. The van der Waals surface area contributed by atoms with Crippen molar-refractivity contribution in [1.29, 1.82) is 0 Å². The quantitative estimate of drug-likeness (QED) is 0.826.